The van der Waals surface area contributed by atoms with E-state index < -0.39 is 0 Å². The summed E-state index contributed by atoms with van der Waals surface area (Å²) in [7, 11) is 7.92. The summed E-state index contributed by atoms with van der Waals surface area (Å²) in [6, 6.07) is 35.3. The summed E-state index contributed by atoms with van der Waals surface area (Å²) in [4.78, 5) is 50.8. The average molecular weight is 818 g/mol. The molecule has 5 aromatic rings. The van der Waals surface area contributed by atoms with Gasteiger partial charge >= 0.3 is 0 Å². The van der Waals surface area contributed by atoms with Crippen LogP contribution in [0.4, 0.5) is 0 Å². The van der Waals surface area contributed by atoms with Crippen molar-refractivity contribution >= 4 is 34.9 Å². The van der Waals surface area contributed by atoms with Crippen LogP contribution in [0.25, 0.3) is 16.8 Å². The molecule has 60 heavy (non-hydrogen) atoms. The second-order valence-corrected chi connectivity index (χ2v) is 18.6. The summed E-state index contributed by atoms with van der Waals surface area (Å²) in [5, 5.41) is 0.471. The Morgan fingerprint density at radius 2 is 1.37 bits per heavy atom. The van der Waals surface area contributed by atoms with Gasteiger partial charge in [-0.2, -0.15) is 0 Å². The van der Waals surface area contributed by atoms with Crippen LogP contribution >= 0.6 is 11.8 Å². The number of H-pyrrole nitrogens is 1. The van der Waals surface area contributed by atoms with Crippen LogP contribution in [-0.4, -0.2) is 99.7 Å². The number of nitrogens with zero attached hydrogens (tertiary/aromatic N) is 6. The van der Waals surface area contributed by atoms with Crippen molar-refractivity contribution in [2.75, 3.05) is 41.3 Å². The normalized spacial score (nSPS) is 21.1. The smallest absolute Gasteiger partial charge is 0.245 e. The average Bonchev–Trinajstić information content (AvgIpc) is 4.11. The van der Waals surface area contributed by atoms with Gasteiger partial charge in [-0.15, -0.1) is 11.8 Å². The van der Waals surface area contributed by atoms with Crippen LogP contribution in [0.2, 0.25) is 0 Å². The number of nitrogens with one attached hydrogen (secondary N) is 1. The number of rotatable bonds is 12. The number of carbonyl (C=O) groups excluding carboxylic acids is 2. The third kappa shape index (κ3) is 8.12. The summed E-state index contributed by atoms with van der Waals surface area (Å²) in [5.74, 6) is 1.15. The van der Waals surface area contributed by atoms with Crippen LogP contribution in [0, 0.1) is 0 Å². The number of likely N-dealkylation sites (N-methyl/N-ethyl adjacent to an activating group) is 2. The summed E-state index contributed by atoms with van der Waals surface area (Å²) in [6.45, 7) is 1.51. The first kappa shape index (κ1) is 40.1. The molecule has 2 saturated heterocycles. The summed E-state index contributed by atoms with van der Waals surface area (Å²) in [6.07, 6.45) is 10.6. The lowest BCUT2D eigenvalue weighted by Gasteiger charge is -2.32. The molecule has 1 aromatic heterocycles. The molecule has 5 heterocycles. The Labute approximate surface area is 358 Å². The van der Waals surface area contributed by atoms with Gasteiger partial charge in [-0.3, -0.25) is 24.4 Å². The molecule has 308 valence electrons. The fourth-order valence-corrected chi connectivity index (χ4v) is 11.1. The van der Waals surface area contributed by atoms with E-state index >= 15 is 0 Å². The number of benzene rings is 4. The molecular weight excluding hydrogens is 763 g/mol. The summed E-state index contributed by atoms with van der Waals surface area (Å²) in [5.41, 5.74) is 10.4. The predicted octanol–water partition coefficient (Wildman–Crippen LogP) is 8.78. The molecule has 0 saturated carbocycles. The fraction of sp³-hybridized carbons (Fsp3) is 0.360. The van der Waals surface area contributed by atoms with Crippen molar-refractivity contribution in [3.8, 4) is 11.3 Å². The minimum Gasteiger partial charge on any atom is -0.340 e. The monoisotopic (exact) mass is 817 g/mol. The molecule has 0 radical (unpaired) electrons. The van der Waals surface area contributed by atoms with Crippen LogP contribution in [0.3, 0.4) is 0 Å². The first-order valence-electron chi connectivity index (χ1n) is 21.5. The van der Waals surface area contributed by atoms with E-state index in [9.17, 15) is 9.59 Å². The first-order chi connectivity index (χ1) is 29.2. The predicted molar refractivity (Wildman–Crippen MR) is 242 cm³/mol. The molecule has 1 N–H and O–H groups in total. The molecule has 10 heteroatoms. The molecule has 9 nitrogen and oxygen atoms in total. The van der Waals surface area contributed by atoms with Gasteiger partial charge in [0.05, 0.1) is 24.0 Å². The molecule has 4 aliphatic rings. The molecule has 2 amide bonds. The van der Waals surface area contributed by atoms with E-state index in [1.165, 1.54) is 27.2 Å². The maximum Gasteiger partial charge on any atom is 0.245 e. The Balaban J connectivity index is 0.803. The Morgan fingerprint density at radius 3 is 2.00 bits per heavy atom. The zero-order chi connectivity index (χ0) is 41.3. The van der Waals surface area contributed by atoms with Crippen LogP contribution < -0.4 is 0 Å². The van der Waals surface area contributed by atoms with Gasteiger partial charge in [-0.25, -0.2) is 4.98 Å². The van der Waals surface area contributed by atoms with E-state index in [1.807, 2.05) is 128 Å². The van der Waals surface area contributed by atoms with Crippen molar-refractivity contribution in [2.24, 2.45) is 4.99 Å². The second-order valence-electron chi connectivity index (χ2n) is 17.2. The topological polar surface area (TPSA) is 88.1 Å². The number of allylic oxidation sites excluding steroid dienone is 1. The van der Waals surface area contributed by atoms with Gasteiger partial charge in [0.15, 0.2) is 0 Å². The van der Waals surface area contributed by atoms with Gasteiger partial charge < -0.3 is 14.8 Å². The Kier molecular flexibility index (Phi) is 11.6. The summed E-state index contributed by atoms with van der Waals surface area (Å²) >= 11 is 1.98. The molecule has 9 rings (SSSR count). The Bertz CT molecular complexity index is 2390. The van der Waals surface area contributed by atoms with Gasteiger partial charge in [0, 0.05) is 41.6 Å². The van der Waals surface area contributed by atoms with Crippen LogP contribution in [0.1, 0.15) is 83.9 Å². The highest BCUT2D eigenvalue weighted by Crippen LogP contribution is 2.41. The molecule has 0 spiro atoms. The number of aromatic amines is 1. The number of likely N-dealkylation sites (tertiary alicyclic amines) is 2. The molecule has 5 atom stereocenters. The minimum atomic E-state index is -0.330. The van der Waals surface area contributed by atoms with Crippen molar-refractivity contribution in [3.63, 3.8) is 0 Å². The van der Waals surface area contributed by atoms with Crippen LogP contribution in [-0.2, 0) is 22.4 Å². The number of fused-ring (bicyclic) bond motifs is 1. The van der Waals surface area contributed by atoms with Crippen LogP contribution in [0.5, 0.6) is 0 Å². The van der Waals surface area contributed by atoms with Crippen molar-refractivity contribution in [3.05, 3.63) is 149 Å². The molecule has 2 fully saturated rings. The lowest BCUT2D eigenvalue weighted by Crippen LogP contribution is -2.45. The fourth-order valence-electron chi connectivity index (χ4n) is 9.80. The van der Waals surface area contributed by atoms with Gasteiger partial charge in [-0.05, 0) is 118 Å². The Hall–Kier alpha value is -5.29. The third-order valence-corrected chi connectivity index (χ3v) is 14.1. The van der Waals surface area contributed by atoms with Gasteiger partial charge in [0.25, 0.3) is 0 Å². The number of hydrogen-bond donors (Lipinski definition) is 1. The highest BCUT2D eigenvalue weighted by Gasteiger charge is 2.39. The molecule has 0 bridgehead atoms. The van der Waals surface area contributed by atoms with Crippen molar-refractivity contribution in [1.82, 2.24) is 29.6 Å². The van der Waals surface area contributed by atoms with Gasteiger partial charge in [0.2, 0.25) is 11.8 Å². The van der Waals surface area contributed by atoms with E-state index in [-0.39, 0.29) is 36.0 Å². The highest BCUT2D eigenvalue weighted by molar-refractivity contribution is 8.00. The van der Waals surface area contributed by atoms with Gasteiger partial charge in [-0.1, -0.05) is 91.0 Å². The van der Waals surface area contributed by atoms with E-state index in [1.54, 1.807) is 0 Å². The molecule has 4 aliphatic heterocycles. The standard InChI is InChI=1S/C50H55N7O2S/c1-54(2)46(35-13-7-5-8-14-35)49(58)56-25-11-17-43(56)41-30-39(31-51-41)34-21-19-33(20-22-34)27-40-29-38-28-37(23-24-45(38)60-40)42-32-52-48(53-42)44-18-12-26-57(44)50(59)47(55(3)4)36-15-9-6-10-16-36/h5-10,13-16,19-24,28,31-32,40,43-44,46-47H,11-12,17-18,25-27,29-30H2,1-4H3,(H,52,53)/t40?,43-,44-,46+,47+/m0/s1. The van der Waals surface area contributed by atoms with E-state index in [4.69, 9.17) is 9.98 Å². The van der Waals surface area contributed by atoms with Crippen molar-refractivity contribution in [1.29, 1.82) is 0 Å². The van der Waals surface area contributed by atoms with Gasteiger partial charge in [0.1, 0.15) is 17.9 Å². The van der Waals surface area contributed by atoms with Crippen molar-refractivity contribution < 1.29 is 9.59 Å². The van der Waals surface area contributed by atoms with E-state index in [2.05, 4.69) is 52.3 Å². The zero-order valence-electron chi connectivity index (χ0n) is 35.1. The number of imidazole rings is 1. The lowest BCUT2D eigenvalue weighted by atomic mass is 9.96. The Morgan fingerprint density at radius 1 is 0.767 bits per heavy atom. The highest BCUT2D eigenvalue weighted by atomic mass is 32.2. The molecule has 4 aromatic carbocycles. The number of aliphatic imine (C=N–C) groups is 1. The molecule has 1 unspecified atom stereocenters. The molecule has 0 aliphatic carbocycles. The van der Waals surface area contributed by atoms with E-state index in [0.29, 0.717) is 5.25 Å². The SMILES string of the molecule is CN(C)[C@@H](C(=O)N1CCC[C@H]1C1=NC=C(c2ccc(CC3Cc4cc(-c5cnc([C@@H]6CCCN6C(=O)[C@@H](c6ccccc6)N(C)C)[nH]5)ccc4S3)cc2)C1)c1ccccc1. The van der Waals surface area contributed by atoms with E-state index in [0.717, 1.165) is 92.0 Å². The lowest BCUT2D eigenvalue weighted by molar-refractivity contribution is -0.137. The number of amides is 2. The number of aromatic nitrogens is 2. The number of thioether (sulfide) groups is 1. The quantitative estimate of drug-likeness (QED) is 0.136. The third-order valence-electron chi connectivity index (χ3n) is 12.8. The minimum absolute atomic E-state index is 0.0447. The largest absolute Gasteiger partial charge is 0.340 e. The number of hydrogen-bond acceptors (Lipinski definition) is 7. The maximum absolute atomic E-state index is 14.0. The zero-order valence-corrected chi connectivity index (χ0v) is 35.9. The van der Waals surface area contributed by atoms with Crippen molar-refractivity contribution in [2.45, 2.75) is 79.3 Å². The number of carbonyl (C=O) groups is 2. The second kappa shape index (κ2) is 17.4. The van der Waals surface area contributed by atoms with Crippen LogP contribution in [0.15, 0.2) is 125 Å². The summed E-state index contributed by atoms with van der Waals surface area (Å²) < 4.78 is 0. The maximum atomic E-state index is 14.0. The first-order valence-corrected chi connectivity index (χ1v) is 22.3. The molecular formula is C50H55N7O2S.